The lowest BCUT2D eigenvalue weighted by Crippen LogP contribution is -2.02. The highest BCUT2D eigenvalue weighted by atomic mass is 79.9. The third-order valence-electron chi connectivity index (χ3n) is 11.5. The molecule has 0 aliphatic rings. The van der Waals surface area contributed by atoms with Crippen LogP contribution in [0.25, 0.3) is 33.4 Å². The number of sulfone groups is 2. The Morgan fingerprint density at radius 2 is 0.625 bits per heavy atom. The molecular formula is C60H40Br2O8S2. The van der Waals surface area contributed by atoms with Crippen LogP contribution in [0.3, 0.4) is 0 Å². The summed E-state index contributed by atoms with van der Waals surface area (Å²) in [5, 5.41) is 0. The van der Waals surface area contributed by atoms with E-state index in [0.717, 1.165) is 36.8 Å². The van der Waals surface area contributed by atoms with Gasteiger partial charge >= 0.3 is 0 Å². The molecule has 0 atom stereocenters. The van der Waals surface area contributed by atoms with Gasteiger partial charge in [0.1, 0.15) is 46.0 Å². The molecule has 12 heteroatoms. The highest BCUT2D eigenvalue weighted by molar-refractivity contribution is 9.10. The predicted octanol–water partition coefficient (Wildman–Crippen LogP) is 17.0. The Kier molecular flexibility index (Phi) is 13.9. The van der Waals surface area contributed by atoms with Gasteiger partial charge in [-0.15, -0.1) is 0 Å². The van der Waals surface area contributed by atoms with Crippen LogP contribution in [0.15, 0.2) is 271 Å². The molecule has 72 heavy (non-hydrogen) atoms. The molecule has 0 fully saturated rings. The number of halogens is 2. The summed E-state index contributed by atoms with van der Waals surface area (Å²) in [7, 11) is -7.75. The first-order valence-electron chi connectivity index (χ1n) is 22.5. The van der Waals surface area contributed by atoms with Crippen LogP contribution in [0.5, 0.6) is 46.0 Å². The predicted molar refractivity (Wildman–Crippen MR) is 288 cm³/mol. The molecule has 0 amide bonds. The molecule has 0 N–H and O–H groups in total. The lowest BCUT2D eigenvalue weighted by atomic mass is 10.0. The molecule has 0 heterocycles. The normalized spacial score (nSPS) is 11.4. The lowest BCUT2D eigenvalue weighted by molar-refractivity contribution is 0.470. The zero-order valence-electron chi connectivity index (χ0n) is 37.9. The van der Waals surface area contributed by atoms with Gasteiger partial charge in [-0.1, -0.05) is 123 Å². The Balaban J connectivity index is 0.806. The highest BCUT2D eigenvalue weighted by Crippen LogP contribution is 2.40. The monoisotopic (exact) mass is 1110 g/mol. The van der Waals surface area contributed by atoms with Gasteiger partial charge < -0.3 is 18.9 Å². The molecule has 0 bridgehead atoms. The van der Waals surface area contributed by atoms with Crippen molar-refractivity contribution in [2.75, 3.05) is 0 Å². The average molecular weight is 1110 g/mol. The summed E-state index contributed by atoms with van der Waals surface area (Å²) in [6.45, 7) is 0. The summed E-state index contributed by atoms with van der Waals surface area (Å²) >= 11 is 7.12. The Morgan fingerprint density at radius 1 is 0.264 bits per heavy atom. The molecule has 10 aromatic rings. The van der Waals surface area contributed by atoms with Crippen LogP contribution in [-0.4, -0.2) is 16.8 Å². The third kappa shape index (κ3) is 10.9. The molecule has 0 saturated heterocycles. The van der Waals surface area contributed by atoms with E-state index in [1.807, 2.05) is 133 Å². The van der Waals surface area contributed by atoms with E-state index in [2.05, 4.69) is 31.9 Å². The summed E-state index contributed by atoms with van der Waals surface area (Å²) in [6, 6.07) is 71.5. The van der Waals surface area contributed by atoms with Crippen molar-refractivity contribution in [3.63, 3.8) is 0 Å². The third-order valence-corrected chi connectivity index (χ3v) is 16.0. The van der Waals surface area contributed by atoms with Crippen LogP contribution < -0.4 is 18.9 Å². The first kappa shape index (κ1) is 47.9. The van der Waals surface area contributed by atoms with Gasteiger partial charge in [-0.05, 0) is 174 Å². The topological polar surface area (TPSA) is 105 Å². The summed E-state index contributed by atoms with van der Waals surface area (Å²) in [5.41, 5.74) is 5.48. The smallest absolute Gasteiger partial charge is 0.206 e. The average Bonchev–Trinajstić information content (AvgIpc) is 3.41. The minimum atomic E-state index is -3.88. The van der Waals surface area contributed by atoms with Crippen molar-refractivity contribution < 1.29 is 35.8 Å². The standard InChI is InChI=1S/C60H40Br2O8S2/c61-45-16-34-59(57(39-45)42-12-6-2-7-13-42)69-49-21-30-55(31-22-49)71(63,64)53-26-17-47(18-27-53)67-51-25-35-60(58(40-51)43-14-8-3-9-15-43)70-50-23-32-56(33-24-50)72(65,66)54-28-19-48(20-29-54)68-52-37-44(36-46(62)38-52)41-10-4-1-5-11-41/h1-40H. The molecule has 0 spiro atoms. The van der Waals surface area contributed by atoms with E-state index in [-0.39, 0.29) is 19.6 Å². The van der Waals surface area contributed by atoms with E-state index in [1.54, 1.807) is 60.7 Å². The fourth-order valence-corrected chi connectivity index (χ4v) is 11.3. The van der Waals surface area contributed by atoms with Crippen LogP contribution in [0, 0.1) is 0 Å². The van der Waals surface area contributed by atoms with E-state index in [9.17, 15) is 16.8 Å². The van der Waals surface area contributed by atoms with Gasteiger partial charge in [0, 0.05) is 20.1 Å². The lowest BCUT2D eigenvalue weighted by Gasteiger charge is -2.15. The van der Waals surface area contributed by atoms with E-state index in [0.29, 0.717) is 51.6 Å². The second-order valence-corrected chi connectivity index (χ2v) is 22.1. The zero-order valence-corrected chi connectivity index (χ0v) is 42.7. The van der Waals surface area contributed by atoms with Crippen LogP contribution in [-0.2, 0) is 19.7 Å². The van der Waals surface area contributed by atoms with Gasteiger partial charge in [0.25, 0.3) is 0 Å². The molecule has 8 nitrogen and oxygen atoms in total. The maximum Gasteiger partial charge on any atom is 0.206 e. The Labute approximate surface area is 434 Å². The molecule has 0 saturated carbocycles. The van der Waals surface area contributed by atoms with Crippen molar-refractivity contribution in [1.29, 1.82) is 0 Å². The fourth-order valence-electron chi connectivity index (χ4n) is 7.90. The summed E-state index contributed by atoms with van der Waals surface area (Å²) in [4.78, 5) is 0.446. The van der Waals surface area contributed by atoms with Crippen LogP contribution >= 0.6 is 31.9 Å². The van der Waals surface area contributed by atoms with Crippen molar-refractivity contribution in [2.24, 2.45) is 0 Å². The maximum absolute atomic E-state index is 13.8. The maximum atomic E-state index is 13.8. The minimum Gasteiger partial charge on any atom is -0.457 e. The second-order valence-electron chi connectivity index (χ2n) is 16.4. The van der Waals surface area contributed by atoms with E-state index < -0.39 is 19.7 Å². The summed E-state index contributed by atoms with van der Waals surface area (Å²) in [6.07, 6.45) is 0. The molecule has 10 rings (SSSR count). The largest absolute Gasteiger partial charge is 0.457 e. The number of hydrogen-bond acceptors (Lipinski definition) is 8. The number of hydrogen-bond donors (Lipinski definition) is 0. The summed E-state index contributed by atoms with van der Waals surface area (Å²) in [5.74, 6) is 4.07. The minimum absolute atomic E-state index is 0.103. The van der Waals surface area contributed by atoms with Crippen LogP contribution in [0.4, 0.5) is 0 Å². The van der Waals surface area contributed by atoms with Crippen molar-refractivity contribution in [2.45, 2.75) is 19.6 Å². The molecule has 0 aromatic heterocycles. The van der Waals surface area contributed by atoms with Gasteiger partial charge in [0.15, 0.2) is 0 Å². The first-order valence-corrected chi connectivity index (χ1v) is 27.0. The van der Waals surface area contributed by atoms with Gasteiger partial charge in [0.2, 0.25) is 19.7 Å². The Hall–Kier alpha value is -7.74. The number of ether oxygens (including phenoxy) is 4. The number of benzene rings is 10. The van der Waals surface area contributed by atoms with Gasteiger partial charge in [0.05, 0.1) is 19.6 Å². The van der Waals surface area contributed by atoms with Crippen molar-refractivity contribution in [1.82, 2.24) is 0 Å². The van der Waals surface area contributed by atoms with Crippen LogP contribution in [0.2, 0.25) is 0 Å². The molecular weight excluding hydrogens is 1070 g/mol. The van der Waals surface area contributed by atoms with E-state index in [4.69, 9.17) is 18.9 Å². The van der Waals surface area contributed by atoms with Crippen molar-refractivity contribution in [3.8, 4) is 79.4 Å². The van der Waals surface area contributed by atoms with Crippen LogP contribution in [0.1, 0.15) is 0 Å². The SMILES string of the molecule is O=S(=O)(c1ccc(Oc2ccc(Oc3ccc(S(=O)(=O)c4ccc(Oc5cc(Br)cc(-c6ccccc6)c5)cc4)cc3)c(-c3ccccc3)c2)cc1)c1ccc(Oc2ccc(Br)cc2-c2ccccc2)cc1. The molecule has 354 valence electrons. The molecule has 0 aliphatic carbocycles. The second kappa shape index (κ2) is 20.9. The molecule has 10 aromatic carbocycles. The van der Waals surface area contributed by atoms with Gasteiger partial charge in [-0.2, -0.15) is 0 Å². The molecule has 0 aliphatic heterocycles. The molecule has 0 radical (unpaired) electrons. The zero-order chi connectivity index (χ0) is 49.7. The highest BCUT2D eigenvalue weighted by Gasteiger charge is 2.21. The van der Waals surface area contributed by atoms with Gasteiger partial charge in [-0.25, -0.2) is 16.8 Å². The summed E-state index contributed by atoms with van der Waals surface area (Å²) < 4.78 is 81.8. The van der Waals surface area contributed by atoms with E-state index >= 15 is 0 Å². The van der Waals surface area contributed by atoms with Gasteiger partial charge in [-0.3, -0.25) is 0 Å². The Bertz CT molecular complexity index is 3750. The van der Waals surface area contributed by atoms with Crippen molar-refractivity contribution >= 4 is 51.5 Å². The Morgan fingerprint density at radius 3 is 1.07 bits per heavy atom. The van der Waals surface area contributed by atoms with Crippen molar-refractivity contribution in [3.05, 3.63) is 252 Å². The quantitative estimate of drug-likeness (QED) is 0.1000. The first-order chi connectivity index (χ1) is 34.9. The number of rotatable bonds is 15. The van der Waals surface area contributed by atoms with E-state index in [1.165, 1.54) is 48.5 Å². The molecule has 0 unspecified atom stereocenters. The fraction of sp³-hybridized carbons (Fsp3) is 0.